The van der Waals surface area contributed by atoms with E-state index in [0.29, 0.717) is 5.92 Å². The molecule has 1 saturated heterocycles. The van der Waals surface area contributed by atoms with Gasteiger partial charge in [0.2, 0.25) is 0 Å². The zero-order chi connectivity index (χ0) is 11.3. The van der Waals surface area contributed by atoms with Crippen molar-refractivity contribution in [1.29, 1.82) is 5.26 Å². The van der Waals surface area contributed by atoms with E-state index in [9.17, 15) is 0 Å². The molecule has 1 unspecified atom stereocenters. The van der Waals surface area contributed by atoms with Crippen molar-refractivity contribution in [2.75, 3.05) is 32.7 Å². The summed E-state index contributed by atoms with van der Waals surface area (Å²) in [7, 11) is 0. The summed E-state index contributed by atoms with van der Waals surface area (Å²) in [6, 6.07) is 2.57. The fourth-order valence-corrected chi connectivity index (χ4v) is 2.12. The minimum Gasteiger partial charge on any atom is -0.301 e. The summed E-state index contributed by atoms with van der Waals surface area (Å²) < 4.78 is 0. The van der Waals surface area contributed by atoms with Crippen LogP contribution in [0.4, 0.5) is 0 Å². The Balaban J connectivity index is 2.40. The summed E-state index contributed by atoms with van der Waals surface area (Å²) in [5, 5.41) is 9.14. The summed E-state index contributed by atoms with van der Waals surface area (Å²) in [5.74, 6) is 0.610. The van der Waals surface area contributed by atoms with E-state index in [-0.39, 0.29) is 6.04 Å². The van der Waals surface area contributed by atoms with Gasteiger partial charge < -0.3 is 4.90 Å². The molecular weight excluding hydrogens is 186 g/mol. The van der Waals surface area contributed by atoms with Gasteiger partial charge in [-0.3, -0.25) is 4.90 Å². The van der Waals surface area contributed by atoms with Crippen LogP contribution in [0.15, 0.2) is 0 Å². The van der Waals surface area contributed by atoms with Crippen molar-refractivity contribution in [3.63, 3.8) is 0 Å². The van der Waals surface area contributed by atoms with Crippen LogP contribution in [0.3, 0.4) is 0 Å². The normalized spacial score (nSPS) is 21.5. The van der Waals surface area contributed by atoms with Gasteiger partial charge in [0, 0.05) is 26.2 Å². The highest BCUT2D eigenvalue weighted by Crippen LogP contribution is 2.13. The lowest BCUT2D eigenvalue weighted by atomic mass is 10.0. The van der Waals surface area contributed by atoms with Crippen LogP contribution in [0.1, 0.15) is 27.2 Å². The fourth-order valence-electron chi connectivity index (χ4n) is 2.12. The number of likely N-dealkylation sites (N-methyl/N-ethyl adjacent to an activating group) is 1. The van der Waals surface area contributed by atoms with Gasteiger partial charge in [-0.05, 0) is 18.9 Å². The van der Waals surface area contributed by atoms with E-state index in [4.69, 9.17) is 5.26 Å². The van der Waals surface area contributed by atoms with E-state index in [1.165, 1.54) is 0 Å². The maximum absolute atomic E-state index is 9.14. The van der Waals surface area contributed by atoms with Gasteiger partial charge in [0.15, 0.2) is 0 Å². The van der Waals surface area contributed by atoms with Gasteiger partial charge in [0.25, 0.3) is 0 Å². The molecule has 3 heteroatoms. The zero-order valence-electron chi connectivity index (χ0n) is 10.2. The van der Waals surface area contributed by atoms with Gasteiger partial charge in [-0.15, -0.1) is 0 Å². The molecule has 0 bridgehead atoms. The molecule has 1 aliphatic heterocycles. The first-order chi connectivity index (χ1) is 7.17. The first-order valence-corrected chi connectivity index (χ1v) is 6.03. The average molecular weight is 209 g/mol. The van der Waals surface area contributed by atoms with Crippen LogP contribution in [-0.2, 0) is 0 Å². The number of nitriles is 1. The van der Waals surface area contributed by atoms with Crippen LogP contribution < -0.4 is 0 Å². The van der Waals surface area contributed by atoms with E-state index in [1.54, 1.807) is 0 Å². The molecule has 0 aromatic carbocycles. The summed E-state index contributed by atoms with van der Waals surface area (Å²) >= 11 is 0. The van der Waals surface area contributed by atoms with Gasteiger partial charge in [0.05, 0.1) is 12.1 Å². The molecule has 1 rings (SSSR count). The number of nitrogens with zero attached hydrogens (tertiary/aromatic N) is 3. The Hall–Kier alpha value is -0.590. The van der Waals surface area contributed by atoms with Crippen molar-refractivity contribution >= 4 is 0 Å². The number of hydrogen-bond acceptors (Lipinski definition) is 3. The van der Waals surface area contributed by atoms with Gasteiger partial charge >= 0.3 is 0 Å². The fraction of sp³-hybridized carbons (Fsp3) is 0.917. The molecular formula is C12H23N3. The smallest absolute Gasteiger partial charge is 0.0981 e. The topological polar surface area (TPSA) is 30.3 Å². The number of hydrogen-bond donors (Lipinski definition) is 0. The molecule has 1 fully saturated rings. The molecule has 1 atom stereocenters. The number of piperazine rings is 1. The van der Waals surface area contributed by atoms with E-state index in [0.717, 1.165) is 39.1 Å². The molecule has 0 saturated carbocycles. The highest BCUT2D eigenvalue weighted by atomic mass is 15.3. The van der Waals surface area contributed by atoms with Crippen LogP contribution in [0.25, 0.3) is 0 Å². The highest BCUT2D eigenvalue weighted by Gasteiger charge is 2.23. The Kier molecular flexibility index (Phi) is 5.07. The maximum atomic E-state index is 9.14. The summed E-state index contributed by atoms with van der Waals surface area (Å²) in [6.45, 7) is 12.1. The molecule has 0 N–H and O–H groups in total. The number of rotatable bonds is 4. The zero-order valence-corrected chi connectivity index (χ0v) is 10.2. The molecule has 0 aliphatic carbocycles. The third-order valence-electron chi connectivity index (χ3n) is 3.14. The third-order valence-corrected chi connectivity index (χ3v) is 3.14. The SMILES string of the molecule is CCN1CCN(C(C#N)CC(C)C)CC1. The van der Waals surface area contributed by atoms with Crippen LogP contribution >= 0.6 is 0 Å². The summed E-state index contributed by atoms with van der Waals surface area (Å²) in [6.07, 6.45) is 1.00. The molecule has 1 heterocycles. The second-order valence-corrected chi connectivity index (χ2v) is 4.74. The minimum atomic E-state index is 0.129. The second-order valence-electron chi connectivity index (χ2n) is 4.74. The van der Waals surface area contributed by atoms with Crippen LogP contribution in [0, 0.1) is 17.2 Å². The van der Waals surface area contributed by atoms with E-state index in [2.05, 4.69) is 36.6 Å². The van der Waals surface area contributed by atoms with Crippen molar-refractivity contribution in [2.24, 2.45) is 5.92 Å². The Morgan fingerprint density at radius 1 is 1.20 bits per heavy atom. The molecule has 15 heavy (non-hydrogen) atoms. The van der Waals surface area contributed by atoms with Crippen molar-refractivity contribution < 1.29 is 0 Å². The predicted octanol–water partition coefficient (Wildman–Crippen LogP) is 1.56. The van der Waals surface area contributed by atoms with Crippen LogP contribution in [0.2, 0.25) is 0 Å². The molecule has 0 radical (unpaired) electrons. The minimum absolute atomic E-state index is 0.129. The molecule has 0 amide bonds. The lowest BCUT2D eigenvalue weighted by Crippen LogP contribution is -2.50. The molecule has 0 spiro atoms. The first kappa shape index (κ1) is 12.5. The molecule has 86 valence electrons. The predicted molar refractivity (Wildman–Crippen MR) is 62.5 cm³/mol. The quantitative estimate of drug-likeness (QED) is 0.704. The van der Waals surface area contributed by atoms with Gasteiger partial charge in [0.1, 0.15) is 0 Å². The lowest BCUT2D eigenvalue weighted by molar-refractivity contribution is 0.110. The molecule has 0 aromatic heterocycles. The summed E-state index contributed by atoms with van der Waals surface area (Å²) in [4.78, 5) is 4.78. The monoisotopic (exact) mass is 209 g/mol. The van der Waals surface area contributed by atoms with Crippen molar-refractivity contribution in [2.45, 2.75) is 33.2 Å². The molecule has 1 aliphatic rings. The van der Waals surface area contributed by atoms with Gasteiger partial charge in [-0.1, -0.05) is 20.8 Å². The van der Waals surface area contributed by atoms with Crippen LogP contribution in [-0.4, -0.2) is 48.6 Å². The van der Waals surface area contributed by atoms with Gasteiger partial charge in [-0.2, -0.15) is 5.26 Å². The van der Waals surface area contributed by atoms with Crippen molar-refractivity contribution in [3.8, 4) is 6.07 Å². The lowest BCUT2D eigenvalue weighted by Gasteiger charge is -2.36. The Bertz CT molecular complexity index is 211. The van der Waals surface area contributed by atoms with Gasteiger partial charge in [-0.25, -0.2) is 0 Å². The van der Waals surface area contributed by atoms with Crippen molar-refractivity contribution in [1.82, 2.24) is 9.80 Å². The first-order valence-electron chi connectivity index (χ1n) is 6.03. The van der Waals surface area contributed by atoms with Crippen LogP contribution in [0.5, 0.6) is 0 Å². The van der Waals surface area contributed by atoms with E-state index in [1.807, 2.05) is 0 Å². The van der Waals surface area contributed by atoms with E-state index < -0.39 is 0 Å². The molecule has 0 aromatic rings. The van der Waals surface area contributed by atoms with E-state index >= 15 is 0 Å². The standard InChI is InChI=1S/C12H23N3/c1-4-14-5-7-15(8-6-14)12(10-13)9-11(2)3/h11-12H,4-9H2,1-3H3. The molecule has 3 nitrogen and oxygen atoms in total. The Labute approximate surface area is 93.7 Å². The Morgan fingerprint density at radius 2 is 1.80 bits per heavy atom. The second kappa shape index (κ2) is 6.09. The third kappa shape index (κ3) is 3.81. The summed E-state index contributed by atoms with van der Waals surface area (Å²) in [5.41, 5.74) is 0. The average Bonchev–Trinajstić information content (AvgIpc) is 2.26. The maximum Gasteiger partial charge on any atom is 0.0981 e. The Morgan fingerprint density at radius 3 is 2.20 bits per heavy atom. The highest BCUT2D eigenvalue weighted by molar-refractivity contribution is 4.94. The largest absolute Gasteiger partial charge is 0.301 e. The van der Waals surface area contributed by atoms with Crippen molar-refractivity contribution in [3.05, 3.63) is 0 Å².